The van der Waals surface area contributed by atoms with E-state index in [4.69, 9.17) is 0 Å². The van der Waals surface area contributed by atoms with Gasteiger partial charge in [-0.05, 0) is 0 Å². The molecular weight excluding hydrogens is 302 g/mol. The lowest BCUT2D eigenvalue weighted by Crippen LogP contribution is -2.55. The second kappa shape index (κ2) is 5.60. The van der Waals surface area contributed by atoms with Gasteiger partial charge >= 0.3 is 11.1 Å². The highest BCUT2D eigenvalue weighted by Gasteiger charge is 2.27. The van der Waals surface area contributed by atoms with Crippen LogP contribution in [0.3, 0.4) is 0 Å². The second-order valence-electron chi connectivity index (χ2n) is 6.17. The van der Waals surface area contributed by atoms with Crippen LogP contribution in [0, 0.1) is 10.1 Å². The van der Waals surface area contributed by atoms with Gasteiger partial charge in [0.1, 0.15) is 6.54 Å². The molecule has 9 heteroatoms. The molecule has 1 aromatic heterocycles. The molecule has 0 amide bonds. The largest absolute Gasteiger partial charge is 0.320 e. The first-order chi connectivity index (χ1) is 10.9. The Balaban J connectivity index is 2.16. The van der Waals surface area contributed by atoms with Crippen molar-refractivity contribution in [3.05, 3.63) is 48.5 Å². The van der Waals surface area contributed by atoms with Crippen molar-refractivity contribution >= 4 is 16.7 Å². The predicted molar refractivity (Wildman–Crippen MR) is 84.3 cm³/mol. The number of fused-ring (bicyclic) bond motifs is 1. The van der Waals surface area contributed by atoms with E-state index in [0.717, 1.165) is 26.2 Å². The molecule has 3 N–H and O–H groups in total. The molecule has 0 saturated carbocycles. The Labute approximate surface area is 130 Å². The molecule has 1 saturated heterocycles. The van der Waals surface area contributed by atoms with E-state index < -0.39 is 16.0 Å². The van der Waals surface area contributed by atoms with E-state index in [0.29, 0.717) is 22.1 Å². The summed E-state index contributed by atoms with van der Waals surface area (Å²) in [5.41, 5.74) is -0.274. The van der Waals surface area contributed by atoms with Crippen LogP contribution in [0.15, 0.2) is 21.7 Å². The molecule has 23 heavy (non-hydrogen) atoms. The number of aromatic nitrogens is 2. The summed E-state index contributed by atoms with van der Waals surface area (Å²) in [6, 6.07) is 2.75. The monoisotopic (exact) mass is 320 g/mol. The lowest BCUT2D eigenvalue weighted by Gasteiger charge is -2.38. The number of likely N-dealkylation sites (N-methyl/N-ethyl adjacent to an activating group) is 1. The lowest BCUT2D eigenvalue weighted by atomic mass is 10.1. The van der Waals surface area contributed by atoms with Crippen LogP contribution in [-0.4, -0.2) is 52.6 Å². The number of H-pyrrole nitrogens is 2. The standard InChI is InChI=1S/C14H17N5O4/c1-19(4-2-15-3-5-19)8-9-6-10(18(22)23)7-11-12(9)17-14(21)13(20)16-11/h6-7,15H,2-5,8H2,1H3,(H-,16,17,20,21)/p+1. The number of hydrogen-bond donors (Lipinski definition) is 3. The third kappa shape index (κ3) is 3.01. The fourth-order valence-electron chi connectivity index (χ4n) is 3.02. The zero-order valence-corrected chi connectivity index (χ0v) is 12.7. The molecule has 2 aromatic rings. The third-order valence-electron chi connectivity index (χ3n) is 4.32. The molecule has 0 unspecified atom stereocenters. The summed E-state index contributed by atoms with van der Waals surface area (Å²) in [6.45, 7) is 4.06. The van der Waals surface area contributed by atoms with Crippen LogP contribution in [0.2, 0.25) is 0 Å². The summed E-state index contributed by atoms with van der Waals surface area (Å²) in [4.78, 5) is 38.7. The molecule has 1 fully saturated rings. The highest BCUT2D eigenvalue weighted by molar-refractivity contribution is 5.80. The van der Waals surface area contributed by atoms with Gasteiger partial charge in [-0.3, -0.25) is 19.7 Å². The van der Waals surface area contributed by atoms with E-state index in [9.17, 15) is 19.7 Å². The number of piperazine rings is 1. The number of non-ortho nitro benzene ring substituents is 1. The number of benzene rings is 1. The first-order valence-corrected chi connectivity index (χ1v) is 7.36. The van der Waals surface area contributed by atoms with Crippen molar-refractivity contribution in [1.29, 1.82) is 0 Å². The number of nitrogens with zero attached hydrogens (tertiary/aromatic N) is 2. The molecule has 0 bridgehead atoms. The number of nitro groups is 1. The summed E-state index contributed by atoms with van der Waals surface area (Å²) in [7, 11) is 2.08. The van der Waals surface area contributed by atoms with Crippen LogP contribution in [0.1, 0.15) is 5.56 Å². The topological polar surface area (TPSA) is 121 Å². The quantitative estimate of drug-likeness (QED) is 0.310. The normalized spacial score (nSPS) is 17.3. The maximum absolute atomic E-state index is 11.6. The smallest absolute Gasteiger partial charge is 0.314 e. The van der Waals surface area contributed by atoms with Gasteiger partial charge in [0.2, 0.25) is 0 Å². The summed E-state index contributed by atoms with van der Waals surface area (Å²) >= 11 is 0. The SMILES string of the molecule is C[N+]1(Cc2cc([N+](=O)[O-])cc3[nH]c(=O)c(=O)[nH]c23)CCNCC1. The third-order valence-corrected chi connectivity index (χ3v) is 4.32. The molecule has 1 aliphatic rings. The van der Waals surface area contributed by atoms with E-state index in [1.54, 1.807) is 0 Å². The molecular formula is C14H18N5O4+. The van der Waals surface area contributed by atoms with Crippen LogP contribution in [-0.2, 0) is 6.54 Å². The average molecular weight is 320 g/mol. The number of hydrogen-bond acceptors (Lipinski definition) is 5. The van der Waals surface area contributed by atoms with Crippen molar-refractivity contribution < 1.29 is 9.41 Å². The molecule has 3 rings (SSSR count). The zero-order valence-electron chi connectivity index (χ0n) is 12.7. The number of rotatable bonds is 3. The van der Waals surface area contributed by atoms with Crippen molar-refractivity contribution in [2.24, 2.45) is 0 Å². The Bertz CT molecular complexity index is 879. The fraction of sp³-hybridized carbons (Fsp3) is 0.429. The maximum atomic E-state index is 11.6. The van der Waals surface area contributed by atoms with Crippen LogP contribution in [0.25, 0.3) is 11.0 Å². The number of nitrogens with one attached hydrogen (secondary N) is 3. The van der Waals surface area contributed by atoms with Crippen LogP contribution in [0.5, 0.6) is 0 Å². The van der Waals surface area contributed by atoms with Gasteiger partial charge in [-0.25, -0.2) is 0 Å². The first-order valence-electron chi connectivity index (χ1n) is 7.36. The van der Waals surface area contributed by atoms with Gasteiger partial charge in [-0.2, -0.15) is 0 Å². The Kier molecular flexibility index (Phi) is 3.74. The highest BCUT2D eigenvalue weighted by atomic mass is 16.6. The van der Waals surface area contributed by atoms with Crippen molar-refractivity contribution in [1.82, 2.24) is 15.3 Å². The number of quaternary nitrogens is 1. The van der Waals surface area contributed by atoms with Gasteiger partial charge in [-0.15, -0.1) is 0 Å². The zero-order chi connectivity index (χ0) is 16.6. The predicted octanol–water partition coefficient (Wildman–Crippen LogP) is -0.326. The van der Waals surface area contributed by atoms with E-state index in [2.05, 4.69) is 22.3 Å². The van der Waals surface area contributed by atoms with Crippen molar-refractivity contribution in [2.75, 3.05) is 33.2 Å². The minimum Gasteiger partial charge on any atom is -0.320 e. The molecule has 9 nitrogen and oxygen atoms in total. The minimum atomic E-state index is -0.813. The second-order valence-corrected chi connectivity index (χ2v) is 6.17. The molecule has 122 valence electrons. The maximum Gasteiger partial charge on any atom is 0.314 e. The summed E-state index contributed by atoms with van der Waals surface area (Å²) < 4.78 is 0.713. The highest BCUT2D eigenvalue weighted by Crippen LogP contribution is 2.24. The lowest BCUT2D eigenvalue weighted by molar-refractivity contribution is -0.924. The van der Waals surface area contributed by atoms with E-state index >= 15 is 0 Å². The van der Waals surface area contributed by atoms with Gasteiger partial charge in [0.05, 0.1) is 36.1 Å². The average Bonchev–Trinajstić information content (AvgIpc) is 2.49. The van der Waals surface area contributed by atoms with Crippen LogP contribution < -0.4 is 16.4 Å². The molecule has 0 radical (unpaired) electrons. The Morgan fingerprint density at radius 1 is 1.17 bits per heavy atom. The van der Waals surface area contributed by atoms with Crippen molar-refractivity contribution in [3.8, 4) is 0 Å². The molecule has 2 heterocycles. The van der Waals surface area contributed by atoms with E-state index in [1.165, 1.54) is 12.1 Å². The van der Waals surface area contributed by atoms with Crippen LogP contribution >= 0.6 is 0 Å². The summed E-state index contributed by atoms with van der Waals surface area (Å²) in [5.74, 6) is 0. The minimum absolute atomic E-state index is 0.100. The van der Waals surface area contributed by atoms with Gasteiger partial charge in [0, 0.05) is 30.8 Å². The molecule has 0 spiro atoms. The van der Waals surface area contributed by atoms with E-state index in [1.807, 2.05) is 0 Å². The number of aromatic amines is 2. The molecule has 0 aliphatic carbocycles. The fourth-order valence-corrected chi connectivity index (χ4v) is 3.02. The Morgan fingerprint density at radius 3 is 2.48 bits per heavy atom. The summed E-state index contributed by atoms with van der Waals surface area (Å²) in [6.07, 6.45) is 0. The van der Waals surface area contributed by atoms with Gasteiger partial charge in [0.15, 0.2) is 0 Å². The summed E-state index contributed by atoms with van der Waals surface area (Å²) in [5, 5.41) is 14.4. The molecule has 0 atom stereocenters. The van der Waals surface area contributed by atoms with Crippen LogP contribution in [0.4, 0.5) is 5.69 Å². The van der Waals surface area contributed by atoms with E-state index in [-0.39, 0.29) is 11.2 Å². The molecule has 1 aliphatic heterocycles. The van der Waals surface area contributed by atoms with Crippen molar-refractivity contribution in [2.45, 2.75) is 6.54 Å². The van der Waals surface area contributed by atoms with Crippen molar-refractivity contribution in [3.63, 3.8) is 0 Å². The Morgan fingerprint density at radius 2 is 1.83 bits per heavy atom. The van der Waals surface area contributed by atoms with Gasteiger partial charge in [0.25, 0.3) is 5.69 Å². The number of nitro benzene ring substituents is 1. The molecule has 1 aromatic carbocycles. The Hall–Kier alpha value is -2.52. The first kappa shape index (κ1) is 15.4. The van der Waals surface area contributed by atoms with Gasteiger partial charge in [-0.1, -0.05) is 0 Å². The van der Waals surface area contributed by atoms with Gasteiger partial charge < -0.3 is 19.8 Å².